The van der Waals surface area contributed by atoms with Crippen LogP contribution in [0.2, 0.25) is 0 Å². The van der Waals surface area contributed by atoms with Crippen LogP contribution in [0, 0.1) is 12.8 Å². The summed E-state index contributed by atoms with van der Waals surface area (Å²) in [5.74, 6) is 0.729. The lowest BCUT2D eigenvalue weighted by Gasteiger charge is -2.17. The molecule has 1 saturated heterocycles. The smallest absolute Gasteiger partial charge is 0.356 e. The van der Waals surface area contributed by atoms with Gasteiger partial charge in [-0.3, -0.25) is 4.98 Å². The van der Waals surface area contributed by atoms with E-state index in [1.807, 2.05) is 19.2 Å². The number of pyridine rings is 1. The lowest BCUT2D eigenvalue weighted by molar-refractivity contribution is 0.0593. The molecule has 1 fully saturated rings. The van der Waals surface area contributed by atoms with Crippen molar-refractivity contribution in [3.05, 3.63) is 47.5 Å². The molecule has 1 aliphatic rings. The van der Waals surface area contributed by atoms with Gasteiger partial charge in [0.2, 0.25) is 5.95 Å². The number of ether oxygens (including phenoxy) is 1. The third kappa shape index (κ3) is 3.64. The molecule has 0 spiro atoms. The van der Waals surface area contributed by atoms with E-state index in [0.717, 1.165) is 31.6 Å². The molecule has 2 aromatic heterocycles. The minimum atomic E-state index is -0.428. The molecule has 1 aliphatic heterocycles. The maximum Gasteiger partial charge on any atom is 0.356 e. The summed E-state index contributed by atoms with van der Waals surface area (Å²) < 4.78 is 4.75. The molecule has 1 atom stereocenters. The second-order valence-electron chi connectivity index (χ2n) is 5.85. The fraction of sp³-hybridized carbons (Fsp3) is 0.412. The summed E-state index contributed by atoms with van der Waals surface area (Å²) in [6, 6.07) is 5.72. The summed E-state index contributed by atoms with van der Waals surface area (Å²) in [5.41, 5.74) is 2.33. The lowest BCUT2D eigenvalue weighted by atomic mass is 10.0. The standard InChI is InChI=1S/C17H20N4O2/c1-12-8-15(16(22)23-2)20-17(19-12)21-7-5-14(11-21)9-13-4-3-6-18-10-13/h3-4,6,8,10,14H,5,7,9,11H2,1-2H3. The minimum absolute atomic E-state index is 0.311. The highest BCUT2D eigenvalue weighted by molar-refractivity contribution is 5.87. The topological polar surface area (TPSA) is 68.2 Å². The van der Waals surface area contributed by atoms with E-state index >= 15 is 0 Å². The molecule has 0 amide bonds. The third-order valence-corrected chi connectivity index (χ3v) is 4.05. The summed E-state index contributed by atoms with van der Waals surface area (Å²) in [6.07, 6.45) is 5.79. The normalized spacial score (nSPS) is 17.3. The zero-order valence-corrected chi connectivity index (χ0v) is 13.4. The van der Waals surface area contributed by atoms with Crippen molar-refractivity contribution in [3.8, 4) is 0 Å². The number of esters is 1. The van der Waals surface area contributed by atoms with Crippen molar-refractivity contribution in [1.29, 1.82) is 0 Å². The zero-order valence-electron chi connectivity index (χ0n) is 13.4. The first kappa shape index (κ1) is 15.4. The van der Waals surface area contributed by atoms with Crippen LogP contribution in [0.15, 0.2) is 30.6 Å². The van der Waals surface area contributed by atoms with Crippen molar-refractivity contribution < 1.29 is 9.53 Å². The van der Waals surface area contributed by atoms with Crippen LogP contribution >= 0.6 is 0 Å². The third-order valence-electron chi connectivity index (χ3n) is 4.05. The zero-order chi connectivity index (χ0) is 16.2. The number of hydrogen-bond donors (Lipinski definition) is 0. The van der Waals surface area contributed by atoms with E-state index in [2.05, 4.69) is 25.9 Å². The number of rotatable bonds is 4. The number of aromatic nitrogens is 3. The van der Waals surface area contributed by atoms with Crippen LogP contribution in [-0.2, 0) is 11.2 Å². The van der Waals surface area contributed by atoms with Gasteiger partial charge in [-0.15, -0.1) is 0 Å². The Morgan fingerprint density at radius 3 is 3.04 bits per heavy atom. The van der Waals surface area contributed by atoms with Gasteiger partial charge in [-0.1, -0.05) is 6.07 Å². The number of aryl methyl sites for hydroxylation is 1. The molecule has 0 aliphatic carbocycles. The monoisotopic (exact) mass is 312 g/mol. The molecule has 6 nitrogen and oxygen atoms in total. The molecule has 2 aromatic rings. The average molecular weight is 312 g/mol. The fourth-order valence-corrected chi connectivity index (χ4v) is 2.94. The average Bonchev–Trinajstić information content (AvgIpc) is 3.03. The number of methoxy groups -OCH3 is 1. The van der Waals surface area contributed by atoms with Crippen molar-refractivity contribution in [2.45, 2.75) is 19.8 Å². The number of nitrogens with zero attached hydrogens (tertiary/aromatic N) is 4. The van der Waals surface area contributed by atoms with Crippen LogP contribution in [0.4, 0.5) is 5.95 Å². The molecule has 0 saturated carbocycles. The van der Waals surface area contributed by atoms with E-state index in [1.165, 1.54) is 12.7 Å². The molecule has 3 heterocycles. The highest BCUT2D eigenvalue weighted by atomic mass is 16.5. The fourth-order valence-electron chi connectivity index (χ4n) is 2.94. The van der Waals surface area contributed by atoms with E-state index in [4.69, 9.17) is 4.74 Å². The van der Waals surface area contributed by atoms with Crippen molar-refractivity contribution >= 4 is 11.9 Å². The largest absolute Gasteiger partial charge is 0.464 e. The molecule has 0 bridgehead atoms. The molecule has 0 N–H and O–H groups in total. The van der Waals surface area contributed by atoms with Gasteiger partial charge in [0, 0.05) is 31.2 Å². The van der Waals surface area contributed by atoms with Gasteiger partial charge in [0.15, 0.2) is 5.69 Å². The molecule has 0 radical (unpaired) electrons. The van der Waals surface area contributed by atoms with E-state index in [1.54, 1.807) is 12.3 Å². The van der Waals surface area contributed by atoms with E-state index < -0.39 is 5.97 Å². The van der Waals surface area contributed by atoms with Crippen LogP contribution in [0.25, 0.3) is 0 Å². The molecule has 0 aromatic carbocycles. The first-order valence-corrected chi connectivity index (χ1v) is 7.73. The van der Waals surface area contributed by atoms with Crippen LogP contribution in [-0.4, -0.2) is 41.1 Å². The van der Waals surface area contributed by atoms with Crippen LogP contribution in [0.1, 0.15) is 28.2 Å². The molecule has 6 heteroatoms. The minimum Gasteiger partial charge on any atom is -0.464 e. The van der Waals surface area contributed by atoms with Crippen LogP contribution in [0.3, 0.4) is 0 Å². The molecular weight excluding hydrogens is 292 g/mol. The maximum atomic E-state index is 11.7. The summed E-state index contributed by atoms with van der Waals surface area (Å²) in [7, 11) is 1.36. The first-order valence-electron chi connectivity index (χ1n) is 7.73. The lowest BCUT2D eigenvalue weighted by Crippen LogP contribution is -2.24. The first-order chi connectivity index (χ1) is 11.2. The molecular formula is C17H20N4O2. The summed E-state index contributed by atoms with van der Waals surface area (Å²) in [4.78, 5) is 26.8. The van der Waals surface area contributed by atoms with Crippen molar-refractivity contribution in [2.75, 3.05) is 25.1 Å². The van der Waals surface area contributed by atoms with Gasteiger partial charge in [-0.2, -0.15) is 0 Å². The van der Waals surface area contributed by atoms with Gasteiger partial charge >= 0.3 is 5.97 Å². The molecule has 120 valence electrons. The Labute approximate surface area is 135 Å². The van der Waals surface area contributed by atoms with E-state index in [-0.39, 0.29) is 0 Å². The number of anilines is 1. The Morgan fingerprint density at radius 2 is 2.30 bits per heavy atom. The Kier molecular flexibility index (Phi) is 4.50. The summed E-state index contributed by atoms with van der Waals surface area (Å²) >= 11 is 0. The number of hydrogen-bond acceptors (Lipinski definition) is 6. The van der Waals surface area contributed by atoms with Gasteiger partial charge < -0.3 is 9.64 Å². The Hall–Kier alpha value is -2.50. The molecule has 1 unspecified atom stereocenters. The van der Waals surface area contributed by atoms with Crippen LogP contribution < -0.4 is 4.90 Å². The van der Waals surface area contributed by atoms with Gasteiger partial charge in [-0.05, 0) is 43.4 Å². The molecule has 3 rings (SSSR count). The quantitative estimate of drug-likeness (QED) is 0.805. The Morgan fingerprint density at radius 1 is 1.43 bits per heavy atom. The predicted octanol–water partition coefficient (Wildman–Crippen LogP) is 2.04. The van der Waals surface area contributed by atoms with E-state index in [9.17, 15) is 4.79 Å². The highest BCUT2D eigenvalue weighted by Gasteiger charge is 2.25. The van der Waals surface area contributed by atoms with Crippen molar-refractivity contribution in [2.24, 2.45) is 5.92 Å². The van der Waals surface area contributed by atoms with Gasteiger partial charge in [0.1, 0.15) is 0 Å². The van der Waals surface area contributed by atoms with Crippen molar-refractivity contribution in [3.63, 3.8) is 0 Å². The second kappa shape index (κ2) is 6.73. The highest BCUT2D eigenvalue weighted by Crippen LogP contribution is 2.24. The number of carbonyl (C=O) groups excluding carboxylic acids is 1. The summed E-state index contributed by atoms with van der Waals surface area (Å²) in [6.45, 7) is 3.65. The predicted molar refractivity (Wildman–Crippen MR) is 86.4 cm³/mol. The van der Waals surface area contributed by atoms with Gasteiger partial charge in [-0.25, -0.2) is 14.8 Å². The molecule has 23 heavy (non-hydrogen) atoms. The number of carbonyl (C=O) groups is 1. The van der Waals surface area contributed by atoms with Crippen LogP contribution in [0.5, 0.6) is 0 Å². The Bertz CT molecular complexity index is 690. The summed E-state index contributed by atoms with van der Waals surface area (Å²) in [5, 5.41) is 0. The second-order valence-corrected chi connectivity index (χ2v) is 5.85. The SMILES string of the molecule is COC(=O)c1cc(C)nc(N2CCC(Cc3cccnc3)C2)n1. The van der Waals surface area contributed by atoms with Gasteiger partial charge in [0.05, 0.1) is 7.11 Å². The van der Waals surface area contributed by atoms with Crippen molar-refractivity contribution in [1.82, 2.24) is 15.0 Å². The Balaban J connectivity index is 1.71. The van der Waals surface area contributed by atoms with Gasteiger partial charge in [0.25, 0.3) is 0 Å². The maximum absolute atomic E-state index is 11.7. The van der Waals surface area contributed by atoms with E-state index in [0.29, 0.717) is 17.6 Å².